The fourth-order valence-electron chi connectivity index (χ4n) is 3.03. The number of para-hydroxylation sites is 2. The average molecular weight is 317 g/mol. The van der Waals surface area contributed by atoms with E-state index < -0.39 is 0 Å². The molecule has 1 fully saturated rings. The van der Waals surface area contributed by atoms with E-state index in [1.54, 1.807) is 11.8 Å². The first-order valence-electron chi connectivity index (χ1n) is 7.92. The molecule has 1 saturated heterocycles. The van der Waals surface area contributed by atoms with Gasteiger partial charge < -0.3 is 9.88 Å². The van der Waals surface area contributed by atoms with Gasteiger partial charge in [-0.1, -0.05) is 19.1 Å². The van der Waals surface area contributed by atoms with Crippen LogP contribution in [0.2, 0.25) is 0 Å². The molecule has 118 valence electrons. The molecule has 3 rings (SSSR count). The third-order valence-electron chi connectivity index (χ3n) is 4.51. The lowest BCUT2D eigenvalue weighted by Gasteiger charge is -2.31. The van der Waals surface area contributed by atoms with E-state index in [0.29, 0.717) is 23.5 Å². The zero-order valence-electron chi connectivity index (χ0n) is 13.2. The van der Waals surface area contributed by atoms with E-state index in [1.807, 2.05) is 23.1 Å². The molecule has 0 unspecified atom stereocenters. The number of imidazole rings is 1. The fraction of sp³-hybridized carbons (Fsp3) is 0.529. The van der Waals surface area contributed by atoms with Gasteiger partial charge >= 0.3 is 0 Å². The summed E-state index contributed by atoms with van der Waals surface area (Å²) in [4.78, 5) is 22.4. The monoisotopic (exact) mass is 317 g/mol. The number of likely N-dealkylation sites (tertiary alicyclic amines) is 1. The fourth-order valence-corrected chi connectivity index (χ4v) is 3.34. The zero-order valence-corrected chi connectivity index (χ0v) is 14.0. The molecule has 0 bridgehead atoms. The largest absolute Gasteiger partial charge is 0.343 e. The van der Waals surface area contributed by atoms with E-state index in [2.05, 4.69) is 24.2 Å². The molecule has 22 heavy (non-hydrogen) atoms. The summed E-state index contributed by atoms with van der Waals surface area (Å²) in [6.07, 6.45) is 4.71. The number of hydrogen-bond donors (Lipinski definition) is 1. The predicted octanol–water partition coefficient (Wildman–Crippen LogP) is 3.41. The van der Waals surface area contributed by atoms with E-state index in [0.717, 1.165) is 42.8 Å². The standard InChI is InChI=1S/C17H23N3OS/c1-12(22-2)11-16(21)20-9-7-13(8-10-20)17-18-14-5-3-4-6-15(14)19-17/h3-6,12-13H,7-11H2,1-2H3,(H,18,19)/t12-/m1/s1. The van der Waals surface area contributed by atoms with Crippen molar-refractivity contribution in [2.75, 3.05) is 19.3 Å². The Morgan fingerprint density at radius 1 is 1.41 bits per heavy atom. The van der Waals surface area contributed by atoms with Crippen molar-refractivity contribution in [2.24, 2.45) is 0 Å². The molecule has 1 atom stereocenters. The minimum Gasteiger partial charge on any atom is -0.343 e. The molecule has 2 heterocycles. The molecule has 1 aliphatic heterocycles. The van der Waals surface area contributed by atoms with Crippen LogP contribution in [0.15, 0.2) is 24.3 Å². The number of aromatic amines is 1. The van der Waals surface area contributed by atoms with Gasteiger partial charge in [-0.05, 0) is 31.2 Å². The molecule has 0 spiro atoms. The zero-order chi connectivity index (χ0) is 15.5. The molecule has 0 radical (unpaired) electrons. The van der Waals surface area contributed by atoms with Crippen molar-refractivity contribution in [2.45, 2.75) is 37.4 Å². The van der Waals surface area contributed by atoms with Crippen LogP contribution in [0.4, 0.5) is 0 Å². The molecule has 4 nitrogen and oxygen atoms in total. The van der Waals surface area contributed by atoms with Crippen molar-refractivity contribution < 1.29 is 4.79 Å². The summed E-state index contributed by atoms with van der Waals surface area (Å²) in [7, 11) is 0. The number of nitrogens with one attached hydrogen (secondary N) is 1. The number of aromatic nitrogens is 2. The molecule has 1 aromatic heterocycles. The van der Waals surface area contributed by atoms with Crippen molar-refractivity contribution in [1.82, 2.24) is 14.9 Å². The number of thioether (sulfide) groups is 1. The van der Waals surface area contributed by atoms with Gasteiger partial charge in [-0.2, -0.15) is 11.8 Å². The van der Waals surface area contributed by atoms with Crippen LogP contribution in [0.3, 0.4) is 0 Å². The summed E-state index contributed by atoms with van der Waals surface area (Å²) < 4.78 is 0. The quantitative estimate of drug-likeness (QED) is 0.940. The molecule has 1 aliphatic rings. The van der Waals surface area contributed by atoms with Crippen LogP contribution >= 0.6 is 11.8 Å². The third kappa shape index (κ3) is 3.29. The van der Waals surface area contributed by atoms with Crippen LogP contribution in [0.5, 0.6) is 0 Å². The van der Waals surface area contributed by atoms with Gasteiger partial charge in [0.25, 0.3) is 0 Å². The second kappa shape index (κ2) is 6.73. The lowest BCUT2D eigenvalue weighted by atomic mass is 9.96. The highest BCUT2D eigenvalue weighted by Crippen LogP contribution is 2.28. The predicted molar refractivity (Wildman–Crippen MR) is 92.2 cm³/mol. The highest BCUT2D eigenvalue weighted by molar-refractivity contribution is 7.99. The summed E-state index contributed by atoms with van der Waals surface area (Å²) in [5.41, 5.74) is 2.13. The van der Waals surface area contributed by atoms with Crippen LogP contribution in [0, 0.1) is 0 Å². The molecular formula is C17H23N3OS. The minimum atomic E-state index is 0.296. The maximum absolute atomic E-state index is 12.2. The second-order valence-electron chi connectivity index (χ2n) is 6.04. The Hall–Kier alpha value is -1.49. The van der Waals surface area contributed by atoms with E-state index >= 15 is 0 Å². The number of nitrogens with zero attached hydrogens (tertiary/aromatic N) is 2. The number of hydrogen-bond acceptors (Lipinski definition) is 3. The highest BCUT2D eigenvalue weighted by atomic mass is 32.2. The molecule has 0 saturated carbocycles. The van der Waals surface area contributed by atoms with Crippen LogP contribution < -0.4 is 0 Å². The Kier molecular flexibility index (Phi) is 4.71. The van der Waals surface area contributed by atoms with Crippen molar-refractivity contribution in [3.63, 3.8) is 0 Å². The Bertz CT molecular complexity index is 613. The van der Waals surface area contributed by atoms with Gasteiger partial charge in [-0.3, -0.25) is 4.79 Å². The molecule has 0 aliphatic carbocycles. The van der Waals surface area contributed by atoms with E-state index in [4.69, 9.17) is 4.98 Å². The SMILES string of the molecule is CS[C@H](C)CC(=O)N1CCC(c2nc3ccccc3[nH]2)CC1. The molecule has 1 aromatic carbocycles. The summed E-state index contributed by atoms with van der Waals surface area (Å²) >= 11 is 1.75. The number of H-pyrrole nitrogens is 1. The first-order chi connectivity index (χ1) is 10.7. The molecule has 2 aromatic rings. The number of carbonyl (C=O) groups is 1. The number of rotatable bonds is 4. The lowest BCUT2D eigenvalue weighted by Crippen LogP contribution is -2.38. The van der Waals surface area contributed by atoms with Gasteiger partial charge in [0, 0.05) is 30.7 Å². The summed E-state index contributed by atoms with van der Waals surface area (Å²) in [5, 5.41) is 0.403. The number of benzene rings is 1. The van der Waals surface area contributed by atoms with Gasteiger partial charge in [-0.15, -0.1) is 0 Å². The molecule has 1 N–H and O–H groups in total. The first kappa shape index (κ1) is 15.4. The van der Waals surface area contributed by atoms with Gasteiger partial charge in [-0.25, -0.2) is 4.98 Å². The van der Waals surface area contributed by atoms with Crippen LogP contribution in [-0.2, 0) is 4.79 Å². The molecule has 1 amide bonds. The molecule has 5 heteroatoms. The van der Waals surface area contributed by atoms with E-state index in [9.17, 15) is 4.79 Å². The van der Waals surface area contributed by atoms with Crippen LogP contribution in [0.1, 0.15) is 37.9 Å². The minimum absolute atomic E-state index is 0.296. The average Bonchev–Trinajstić information content (AvgIpc) is 2.98. The van der Waals surface area contributed by atoms with Crippen LogP contribution in [-0.4, -0.2) is 45.4 Å². The van der Waals surface area contributed by atoms with Crippen molar-refractivity contribution in [3.8, 4) is 0 Å². The Labute approximate surface area is 135 Å². The maximum atomic E-state index is 12.2. The van der Waals surface area contributed by atoms with Crippen molar-refractivity contribution in [3.05, 3.63) is 30.1 Å². The Balaban J connectivity index is 1.60. The maximum Gasteiger partial charge on any atom is 0.223 e. The summed E-state index contributed by atoms with van der Waals surface area (Å²) in [5.74, 6) is 1.81. The lowest BCUT2D eigenvalue weighted by molar-refractivity contribution is -0.132. The van der Waals surface area contributed by atoms with E-state index in [-0.39, 0.29) is 0 Å². The van der Waals surface area contributed by atoms with Crippen molar-refractivity contribution >= 4 is 28.7 Å². The third-order valence-corrected chi connectivity index (χ3v) is 5.48. The van der Waals surface area contributed by atoms with Gasteiger partial charge in [0.2, 0.25) is 5.91 Å². The highest BCUT2D eigenvalue weighted by Gasteiger charge is 2.26. The number of amides is 1. The summed E-state index contributed by atoms with van der Waals surface area (Å²) in [6.45, 7) is 3.81. The van der Waals surface area contributed by atoms with Crippen LogP contribution in [0.25, 0.3) is 11.0 Å². The smallest absolute Gasteiger partial charge is 0.223 e. The second-order valence-corrected chi connectivity index (χ2v) is 7.32. The van der Waals surface area contributed by atoms with Gasteiger partial charge in [0.05, 0.1) is 11.0 Å². The Morgan fingerprint density at radius 3 is 2.82 bits per heavy atom. The molecular weight excluding hydrogens is 294 g/mol. The summed E-state index contributed by atoms with van der Waals surface area (Å²) in [6, 6.07) is 8.14. The van der Waals surface area contributed by atoms with Gasteiger partial charge in [0.1, 0.15) is 5.82 Å². The number of piperidine rings is 1. The van der Waals surface area contributed by atoms with Crippen molar-refractivity contribution in [1.29, 1.82) is 0 Å². The van der Waals surface area contributed by atoms with Gasteiger partial charge in [0.15, 0.2) is 0 Å². The number of carbonyl (C=O) groups excluding carboxylic acids is 1. The van der Waals surface area contributed by atoms with E-state index in [1.165, 1.54) is 0 Å². The number of fused-ring (bicyclic) bond motifs is 1. The normalized spacial score (nSPS) is 17.8. The topological polar surface area (TPSA) is 49.0 Å². The Morgan fingerprint density at radius 2 is 2.14 bits per heavy atom. The first-order valence-corrected chi connectivity index (χ1v) is 9.21.